The zero-order chi connectivity index (χ0) is 17.5. The van der Waals surface area contributed by atoms with Crippen LogP contribution in [0.15, 0.2) is 28.7 Å². The second-order valence-electron chi connectivity index (χ2n) is 7.75. The highest BCUT2D eigenvalue weighted by Gasteiger charge is 2.37. The summed E-state index contributed by atoms with van der Waals surface area (Å²) in [5.74, 6) is 0.444. The number of piperidine rings is 1. The Bertz CT molecular complexity index is 758. The van der Waals surface area contributed by atoms with E-state index in [0.29, 0.717) is 25.4 Å². The first kappa shape index (κ1) is 22.8. The average molecular weight is 402 g/mol. The molecule has 2 aromatic rings. The van der Waals surface area contributed by atoms with Crippen LogP contribution in [0.25, 0.3) is 11.0 Å². The van der Waals surface area contributed by atoms with E-state index < -0.39 is 0 Å². The van der Waals surface area contributed by atoms with Crippen molar-refractivity contribution < 1.29 is 9.21 Å². The first-order valence-electron chi connectivity index (χ1n) is 8.49. The first-order valence-corrected chi connectivity index (χ1v) is 8.49. The smallest absolute Gasteiger partial charge is 0.289 e. The topological polar surface area (TPSA) is 62.7 Å². The number of likely N-dealkylation sites (tertiary alicyclic amines) is 1. The number of hydrogen-bond donors (Lipinski definition) is 1. The fourth-order valence-corrected chi connectivity index (χ4v) is 3.44. The van der Waals surface area contributed by atoms with E-state index in [1.807, 2.05) is 43.3 Å². The number of para-hydroxylation sites is 1. The van der Waals surface area contributed by atoms with Crippen LogP contribution in [0.1, 0.15) is 36.4 Å². The highest BCUT2D eigenvalue weighted by Crippen LogP contribution is 2.32. The molecule has 1 atom stereocenters. The molecule has 0 saturated carbocycles. The largest absolute Gasteiger partial charge is 0.451 e. The van der Waals surface area contributed by atoms with Crippen molar-refractivity contribution in [3.05, 3.63) is 35.6 Å². The van der Waals surface area contributed by atoms with Gasteiger partial charge in [0.05, 0.1) is 0 Å². The van der Waals surface area contributed by atoms with Crippen molar-refractivity contribution in [2.75, 3.05) is 27.2 Å². The predicted molar refractivity (Wildman–Crippen MR) is 110 cm³/mol. The van der Waals surface area contributed by atoms with Gasteiger partial charge in [0.25, 0.3) is 5.91 Å². The Hall–Kier alpha value is -1.27. The van der Waals surface area contributed by atoms with Gasteiger partial charge in [-0.2, -0.15) is 0 Å². The third kappa shape index (κ3) is 4.34. The summed E-state index contributed by atoms with van der Waals surface area (Å²) >= 11 is 0. The molecule has 3 rings (SSSR count). The van der Waals surface area contributed by atoms with Crippen molar-refractivity contribution >= 4 is 41.7 Å². The van der Waals surface area contributed by atoms with E-state index >= 15 is 0 Å². The van der Waals surface area contributed by atoms with Crippen LogP contribution in [0.4, 0.5) is 0 Å². The van der Waals surface area contributed by atoms with Crippen molar-refractivity contribution in [3.63, 3.8) is 0 Å². The number of fused-ring (bicyclic) bond motifs is 1. The molecule has 1 aliphatic rings. The molecular formula is C19H29Cl2N3O2. The number of hydrogen-bond acceptors (Lipinski definition) is 4. The third-order valence-corrected chi connectivity index (χ3v) is 4.97. The monoisotopic (exact) mass is 401 g/mol. The molecule has 2 N–H and O–H groups in total. The molecule has 1 saturated heterocycles. The summed E-state index contributed by atoms with van der Waals surface area (Å²) < 4.78 is 5.96. The minimum Gasteiger partial charge on any atom is -0.451 e. The second kappa shape index (κ2) is 8.61. The molecule has 1 aromatic carbocycles. The maximum absolute atomic E-state index is 13.1. The normalized spacial score (nSPS) is 19.2. The molecule has 0 aliphatic carbocycles. The molecule has 1 aliphatic heterocycles. The maximum Gasteiger partial charge on any atom is 0.289 e. The number of carbonyl (C=O) groups is 1. The second-order valence-corrected chi connectivity index (χ2v) is 7.75. The SMILES string of the molecule is CN(C)Cc1c(C(=O)N2CCC(N)C(C)(C)C2)oc2ccccc12.Cl.Cl. The molecule has 0 bridgehead atoms. The van der Waals surface area contributed by atoms with Crippen molar-refractivity contribution in [2.24, 2.45) is 11.1 Å². The summed E-state index contributed by atoms with van der Waals surface area (Å²) in [6, 6.07) is 7.97. The molecule has 2 heterocycles. The standard InChI is InChI=1S/C19H27N3O2.2ClH/c1-19(2)12-22(10-9-16(19)20)18(23)17-14(11-21(3)4)13-7-5-6-8-15(13)24-17;;/h5-8,16H,9-12,20H2,1-4H3;2*1H. The molecule has 0 radical (unpaired) electrons. The number of furan rings is 1. The minimum absolute atomic E-state index is 0. The van der Waals surface area contributed by atoms with Crippen LogP contribution in [0, 0.1) is 5.41 Å². The molecule has 5 nitrogen and oxygen atoms in total. The molecule has 7 heteroatoms. The van der Waals surface area contributed by atoms with Crippen LogP contribution in [-0.4, -0.2) is 48.9 Å². The van der Waals surface area contributed by atoms with Gasteiger partial charge in [-0.1, -0.05) is 32.0 Å². The maximum atomic E-state index is 13.1. The van der Waals surface area contributed by atoms with Gasteiger partial charge in [-0.05, 0) is 32.0 Å². The van der Waals surface area contributed by atoms with Gasteiger partial charge in [0.1, 0.15) is 5.58 Å². The first-order chi connectivity index (χ1) is 11.3. The third-order valence-electron chi connectivity index (χ3n) is 4.97. The Morgan fingerprint density at radius 3 is 2.58 bits per heavy atom. The predicted octanol–water partition coefficient (Wildman–Crippen LogP) is 3.54. The average Bonchev–Trinajstić information content (AvgIpc) is 2.87. The molecular weight excluding hydrogens is 373 g/mol. The van der Waals surface area contributed by atoms with Crippen molar-refractivity contribution in [2.45, 2.75) is 32.9 Å². The van der Waals surface area contributed by atoms with E-state index in [0.717, 1.165) is 23.0 Å². The number of rotatable bonds is 3. The van der Waals surface area contributed by atoms with Crippen molar-refractivity contribution in [1.82, 2.24) is 9.80 Å². The van der Waals surface area contributed by atoms with Crippen molar-refractivity contribution in [1.29, 1.82) is 0 Å². The Morgan fingerprint density at radius 2 is 1.96 bits per heavy atom. The number of amides is 1. The lowest BCUT2D eigenvalue weighted by atomic mass is 9.79. The van der Waals surface area contributed by atoms with Crippen molar-refractivity contribution in [3.8, 4) is 0 Å². The number of halogens is 2. The van der Waals surface area contributed by atoms with Gasteiger partial charge >= 0.3 is 0 Å². The summed E-state index contributed by atoms with van der Waals surface area (Å²) in [4.78, 5) is 17.1. The fraction of sp³-hybridized carbons (Fsp3) is 0.526. The molecule has 146 valence electrons. The molecule has 1 aromatic heterocycles. The number of nitrogens with zero attached hydrogens (tertiary/aromatic N) is 2. The van der Waals surface area contributed by atoms with Gasteiger partial charge in [0.15, 0.2) is 5.76 Å². The summed E-state index contributed by atoms with van der Waals surface area (Å²) in [6.45, 7) is 6.26. The van der Waals surface area contributed by atoms with Crippen LogP contribution in [-0.2, 0) is 6.54 Å². The Balaban J connectivity index is 0.00000169. The highest BCUT2D eigenvalue weighted by molar-refractivity contribution is 5.99. The van der Waals surface area contributed by atoms with Gasteiger partial charge < -0.3 is 20.0 Å². The van der Waals surface area contributed by atoms with Gasteiger partial charge in [0, 0.05) is 36.6 Å². The summed E-state index contributed by atoms with van der Waals surface area (Å²) in [5.41, 5.74) is 7.86. The van der Waals surface area contributed by atoms with E-state index in [2.05, 4.69) is 18.7 Å². The quantitative estimate of drug-likeness (QED) is 0.853. The lowest BCUT2D eigenvalue weighted by Crippen LogP contribution is -2.54. The van der Waals surface area contributed by atoms with Crippen LogP contribution in [0.5, 0.6) is 0 Å². The molecule has 26 heavy (non-hydrogen) atoms. The summed E-state index contributed by atoms with van der Waals surface area (Å²) in [5, 5.41) is 1.02. The lowest BCUT2D eigenvalue weighted by molar-refractivity contribution is 0.0503. The van der Waals surface area contributed by atoms with E-state index in [1.165, 1.54) is 0 Å². The molecule has 1 amide bonds. The fourth-order valence-electron chi connectivity index (χ4n) is 3.44. The van der Waals surface area contributed by atoms with Crippen LogP contribution in [0.2, 0.25) is 0 Å². The van der Waals surface area contributed by atoms with Gasteiger partial charge in [-0.25, -0.2) is 0 Å². The van der Waals surface area contributed by atoms with E-state index in [4.69, 9.17) is 10.2 Å². The molecule has 0 spiro atoms. The molecule has 1 fully saturated rings. The van der Waals surface area contributed by atoms with Gasteiger partial charge in [-0.15, -0.1) is 24.8 Å². The van der Waals surface area contributed by atoms with Gasteiger partial charge in [0.2, 0.25) is 0 Å². The summed E-state index contributed by atoms with van der Waals surface area (Å²) in [6.07, 6.45) is 0.821. The number of carbonyl (C=O) groups excluding carboxylic acids is 1. The van der Waals surface area contributed by atoms with Crippen LogP contribution >= 0.6 is 24.8 Å². The highest BCUT2D eigenvalue weighted by atomic mass is 35.5. The zero-order valence-electron chi connectivity index (χ0n) is 15.8. The minimum atomic E-state index is -0.0817. The summed E-state index contributed by atoms with van der Waals surface area (Å²) in [7, 11) is 4.00. The van der Waals surface area contributed by atoms with Crippen LogP contribution < -0.4 is 5.73 Å². The lowest BCUT2D eigenvalue weighted by Gasteiger charge is -2.42. The Kier molecular flexibility index (Phi) is 7.54. The number of benzene rings is 1. The molecule has 1 unspecified atom stereocenters. The van der Waals surface area contributed by atoms with E-state index in [-0.39, 0.29) is 42.2 Å². The number of nitrogens with two attached hydrogens (primary N) is 1. The van der Waals surface area contributed by atoms with Gasteiger partial charge in [-0.3, -0.25) is 4.79 Å². The Labute approximate surface area is 167 Å². The Morgan fingerprint density at radius 1 is 1.31 bits per heavy atom. The van der Waals surface area contributed by atoms with E-state index in [1.54, 1.807) is 0 Å². The van der Waals surface area contributed by atoms with Crippen LogP contribution in [0.3, 0.4) is 0 Å². The zero-order valence-corrected chi connectivity index (χ0v) is 17.5. The van der Waals surface area contributed by atoms with E-state index in [9.17, 15) is 4.79 Å².